The van der Waals surface area contributed by atoms with Crippen molar-refractivity contribution in [3.63, 3.8) is 0 Å². The van der Waals surface area contributed by atoms with Crippen LogP contribution < -0.4 is 10.1 Å². The standard InChI is InChI=1S/C20H21N3O2S/c1-13(19-22-16-5-3-4-6-18(16)26-19)23(2)20(24)14-7-8-15-12-21-9-10-25-17(15)11-14/h3-8,11,13,21H,9-10,12H2,1-2H3. The molecule has 1 aliphatic rings. The predicted molar refractivity (Wildman–Crippen MR) is 104 cm³/mol. The Hall–Kier alpha value is -2.44. The van der Waals surface area contributed by atoms with Gasteiger partial charge in [-0.3, -0.25) is 4.79 Å². The zero-order valence-electron chi connectivity index (χ0n) is 14.9. The molecule has 6 heteroatoms. The number of ether oxygens (including phenoxy) is 1. The lowest BCUT2D eigenvalue weighted by Crippen LogP contribution is -2.29. The summed E-state index contributed by atoms with van der Waals surface area (Å²) in [4.78, 5) is 19.4. The van der Waals surface area contributed by atoms with Gasteiger partial charge in [-0.2, -0.15) is 0 Å². The van der Waals surface area contributed by atoms with E-state index in [9.17, 15) is 4.79 Å². The molecule has 26 heavy (non-hydrogen) atoms. The molecule has 0 radical (unpaired) electrons. The number of nitrogens with zero attached hydrogens (tertiary/aromatic N) is 2. The molecule has 4 rings (SSSR count). The fourth-order valence-electron chi connectivity index (χ4n) is 3.04. The van der Waals surface area contributed by atoms with Crippen LogP contribution in [-0.2, 0) is 6.54 Å². The van der Waals surface area contributed by atoms with Gasteiger partial charge in [0, 0.05) is 31.3 Å². The second-order valence-electron chi connectivity index (χ2n) is 6.46. The molecule has 0 saturated carbocycles. The highest BCUT2D eigenvalue weighted by Crippen LogP contribution is 2.30. The Morgan fingerprint density at radius 1 is 1.31 bits per heavy atom. The Bertz CT molecular complexity index is 920. The van der Waals surface area contributed by atoms with E-state index >= 15 is 0 Å². The van der Waals surface area contributed by atoms with E-state index in [0.717, 1.165) is 39.6 Å². The van der Waals surface area contributed by atoms with Crippen molar-refractivity contribution >= 4 is 27.5 Å². The number of para-hydroxylation sites is 1. The Morgan fingerprint density at radius 2 is 2.15 bits per heavy atom. The van der Waals surface area contributed by atoms with E-state index in [1.165, 1.54) is 0 Å². The molecule has 0 spiro atoms. The van der Waals surface area contributed by atoms with Crippen molar-refractivity contribution in [2.75, 3.05) is 20.2 Å². The second-order valence-corrected chi connectivity index (χ2v) is 7.52. The van der Waals surface area contributed by atoms with Crippen molar-refractivity contribution < 1.29 is 9.53 Å². The molecule has 134 valence electrons. The highest BCUT2D eigenvalue weighted by Gasteiger charge is 2.23. The third-order valence-corrected chi connectivity index (χ3v) is 5.94. The molecule has 1 amide bonds. The monoisotopic (exact) mass is 367 g/mol. The number of thiazole rings is 1. The Balaban J connectivity index is 1.58. The van der Waals surface area contributed by atoms with Crippen molar-refractivity contribution in [2.24, 2.45) is 0 Å². The molecule has 1 N–H and O–H groups in total. The third-order valence-electron chi connectivity index (χ3n) is 4.74. The zero-order chi connectivity index (χ0) is 18.1. The number of aromatic nitrogens is 1. The lowest BCUT2D eigenvalue weighted by molar-refractivity contribution is 0.0742. The summed E-state index contributed by atoms with van der Waals surface area (Å²) >= 11 is 1.63. The molecule has 1 aromatic heterocycles. The van der Waals surface area contributed by atoms with Crippen molar-refractivity contribution in [1.82, 2.24) is 15.2 Å². The molecule has 0 saturated heterocycles. The summed E-state index contributed by atoms with van der Waals surface area (Å²) in [5.74, 6) is 0.766. The van der Waals surface area contributed by atoms with Gasteiger partial charge in [0.1, 0.15) is 17.4 Å². The van der Waals surface area contributed by atoms with E-state index < -0.39 is 0 Å². The van der Waals surface area contributed by atoms with Crippen LogP contribution in [0.15, 0.2) is 42.5 Å². The minimum Gasteiger partial charge on any atom is -0.492 e. The molecular weight excluding hydrogens is 346 g/mol. The SMILES string of the molecule is CC(c1nc2ccccc2s1)N(C)C(=O)c1ccc2c(c1)OCCNC2. The lowest BCUT2D eigenvalue weighted by atomic mass is 10.1. The maximum atomic E-state index is 13.0. The van der Waals surface area contributed by atoms with Crippen LogP contribution in [-0.4, -0.2) is 36.0 Å². The average molecular weight is 367 g/mol. The van der Waals surface area contributed by atoms with Crippen LogP contribution in [0.5, 0.6) is 5.75 Å². The summed E-state index contributed by atoms with van der Waals surface area (Å²) < 4.78 is 6.90. The summed E-state index contributed by atoms with van der Waals surface area (Å²) in [5, 5.41) is 4.24. The topological polar surface area (TPSA) is 54.5 Å². The molecule has 1 atom stereocenters. The minimum atomic E-state index is -0.0960. The Morgan fingerprint density at radius 3 is 3.00 bits per heavy atom. The summed E-state index contributed by atoms with van der Waals surface area (Å²) in [6.45, 7) is 4.20. The first-order chi connectivity index (χ1) is 12.6. The molecule has 5 nitrogen and oxygen atoms in total. The van der Waals surface area contributed by atoms with Gasteiger partial charge in [-0.15, -0.1) is 11.3 Å². The first-order valence-electron chi connectivity index (χ1n) is 8.72. The first kappa shape index (κ1) is 17.0. The summed E-state index contributed by atoms with van der Waals surface area (Å²) in [5.41, 5.74) is 2.70. The van der Waals surface area contributed by atoms with Crippen LogP contribution in [0.1, 0.15) is 33.9 Å². The first-order valence-corrected chi connectivity index (χ1v) is 9.54. The number of amides is 1. The molecular formula is C20H21N3O2S. The molecule has 3 aromatic rings. The number of nitrogens with one attached hydrogen (secondary N) is 1. The average Bonchev–Trinajstić information content (AvgIpc) is 2.97. The van der Waals surface area contributed by atoms with Gasteiger partial charge >= 0.3 is 0 Å². The number of fused-ring (bicyclic) bond motifs is 2. The van der Waals surface area contributed by atoms with Crippen molar-refractivity contribution in [3.8, 4) is 5.75 Å². The molecule has 1 aliphatic heterocycles. The number of benzene rings is 2. The largest absolute Gasteiger partial charge is 0.492 e. The fraction of sp³-hybridized carbons (Fsp3) is 0.300. The van der Waals surface area contributed by atoms with E-state index in [0.29, 0.717) is 12.2 Å². The second kappa shape index (κ2) is 7.05. The number of rotatable bonds is 3. The van der Waals surface area contributed by atoms with Gasteiger partial charge in [0.25, 0.3) is 5.91 Å². The third kappa shape index (κ3) is 3.18. The van der Waals surface area contributed by atoms with Gasteiger partial charge < -0.3 is 15.0 Å². The highest BCUT2D eigenvalue weighted by atomic mass is 32.1. The molecule has 0 fully saturated rings. The lowest BCUT2D eigenvalue weighted by Gasteiger charge is -2.23. The van der Waals surface area contributed by atoms with Gasteiger partial charge in [0.2, 0.25) is 0 Å². The van der Waals surface area contributed by atoms with E-state index in [1.54, 1.807) is 16.2 Å². The van der Waals surface area contributed by atoms with Gasteiger partial charge in [-0.1, -0.05) is 18.2 Å². The maximum absolute atomic E-state index is 13.0. The molecule has 2 heterocycles. The van der Waals surface area contributed by atoms with Crippen LogP contribution in [0.2, 0.25) is 0 Å². The van der Waals surface area contributed by atoms with Gasteiger partial charge in [0.05, 0.1) is 16.3 Å². The van der Waals surface area contributed by atoms with Crippen molar-refractivity contribution in [3.05, 3.63) is 58.6 Å². The Kier molecular flexibility index (Phi) is 4.61. The number of carbonyl (C=O) groups excluding carboxylic acids is 1. The van der Waals surface area contributed by atoms with E-state index in [4.69, 9.17) is 4.74 Å². The number of hydrogen-bond donors (Lipinski definition) is 1. The van der Waals surface area contributed by atoms with E-state index in [2.05, 4.69) is 16.4 Å². The number of carbonyl (C=O) groups is 1. The molecule has 2 aromatic carbocycles. The van der Waals surface area contributed by atoms with E-state index in [-0.39, 0.29) is 11.9 Å². The van der Waals surface area contributed by atoms with Crippen LogP contribution in [0, 0.1) is 0 Å². The number of hydrogen-bond acceptors (Lipinski definition) is 5. The van der Waals surface area contributed by atoms with Crippen LogP contribution in [0.4, 0.5) is 0 Å². The van der Waals surface area contributed by atoms with Crippen LogP contribution in [0.25, 0.3) is 10.2 Å². The van der Waals surface area contributed by atoms with Gasteiger partial charge in [0.15, 0.2) is 0 Å². The molecule has 0 bridgehead atoms. The Labute approximate surface area is 156 Å². The minimum absolute atomic E-state index is 0.0274. The van der Waals surface area contributed by atoms with Gasteiger partial charge in [-0.05, 0) is 31.2 Å². The predicted octanol–water partition coefficient (Wildman–Crippen LogP) is 3.61. The van der Waals surface area contributed by atoms with Gasteiger partial charge in [-0.25, -0.2) is 4.98 Å². The molecule has 0 aliphatic carbocycles. The summed E-state index contributed by atoms with van der Waals surface area (Å²) in [6, 6.07) is 13.7. The summed E-state index contributed by atoms with van der Waals surface area (Å²) in [6.07, 6.45) is 0. The highest BCUT2D eigenvalue weighted by molar-refractivity contribution is 7.18. The van der Waals surface area contributed by atoms with Crippen LogP contribution in [0.3, 0.4) is 0 Å². The maximum Gasteiger partial charge on any atom is 0.254 e. The molecule has 1 unspecified atom stereocenters. The normalized spacial score (nSPS) is 15.0. The quantitative estimate of drug-likeness (QED) is 0.768. The summed E-state index contributed by atoms with van der Waals surface area (Å²) in [7, 11) is 1.83. The zero-order valence-corrected chi connectivity index (χ0v) is 15.7. The smallest absolute Gasteiger partial charge is 0.254 e. The van der Waals surface area contributed by atoms with Crippen LogP contribution >= 0.6 is 11.3 Å². The van der Waals surface area contributed by atoms with E-state index in [1.807, 2.05) is 50.4 Å². The fourth-order valence-corrected chi connectivity index (χ4v) is 4.10. The van der Waals surface area contributed by atoms with Crippen molar-refractivity contribution in [2.45, 2.75) is 19.5 Å². The van der Waals surface area contributed by atoms with Crippen molar-refractivity contribution in [1.29, 1.82) is 0 Å².